The SMILES string of the molecule is O=S(=O)(c1ccc(NCC2(c3ccccc3)CCCC2)nc1)N1CCCC1. The summed E-state index contributed by atoms with van der Waals surface area (Å²) in [5, 5.41) is 3.45. The van der Waals surface area contributed by atoms with Crippen LogP contribution in [0.4, 0.5) is 5.82 Å². The van der Waals surface area contributed by atoms with Crippen molar-refractivity contribution in [3.8, 4) is 0 Å². The third-order valence-corrected chi connectivity index (χ3v) is 7.88. The van der Waals surface area contributed by atoms with Gasteiger partial charge in [0.1, 0.15) is 10.7 Å². The molecular weight excluding hydrogens is 358 g/mol. The van der Waals surface area contributed by atoms with Gasteiger partial charge >= 0.3 is 0 Å². The fraction of sp³-hybridized carbons (Fsp3) is 0.476. The van der Waals surface area contributed by atoms with E-state index in [-0.39, 0.29) is 10.3 Å². The van der Waals surface area contributed by atoms with Gasteiger partial charge in [-0.2, -0.15) is 4.31 Å². The molecule has 0 bridgehead atoms. The molecule has 1 saturated carbocycles. The van der Waals surface area contributed by atoms with Crippen molar-refractivity contribution < 1.29 is 8.42 Å². The van der Waals surface area contributed by atoms with Crippen LogP contribution in [0.1, 0.15) is 44.1 Å². The van der Waals surface area contributed by atoms with Crippen molar-refractivity contribution in [1.29, 1.82) is 0 Å². The van der Waals surface area contributed by atoms with Gasteiger partial charge in [-0.1, -0.05) is 43.2 Å². The van der Waals surface area contributed by atoms with Crippen LogP contribution in [0.15, 0.2) is 53.6 Å². The average molecular weight is 386 g/mol. The monoisotopic (exact) mass is 385 g/mol. The van der Waals surface area contributed by atoms with Crippen LogP contribution >= 0.6 is 0 Å². The first-order chi connectivity index (χ1) is 13.1. The maximum atomic E-state index is 12.6. The number of aromatic nitrogens is 1. The molecule has 0 radical (unpaired) electrons. The maximum Gasteiger partial charge on any atom is 0.244 e. The smallest absolute Gasteiger partial charge is 0.244 e. The molecule has 6 heteroatoms. The third-order valence-electron chi connectivity index (χ3n) is 5.99. The number of benzene rings is 1. The van der Waals surface area contributed by atoms with Gasteiger partial charge in [-0.15, -0.1) is 0 Å². The average Bonchev–Trinajstić information content (AvgIpc) is 3.41. The van der Waals surface area contributed by atoms with E-state index in [0.29, 0.717) is 13.1 Å². The van der Waals surface area contributed by atoms with Crippen LogP contribution in [-0.2, 0) is 15.4 Å². The topological polar surface area (TPSA) is 62.3 Å². The number of hydrogen-bond donors (Lipinski definition) is 1. The Kier molecular flexibility index (Phi) is 5.19. The van der Waals surface area contributed by atoms with Crippen LogP contribution in [0.3, 0.4) is 0 Å². The molecule has 2 aliphatic rings. The lowest BCUT2D eigenvalue weighted by Crippen LogP contribution is -2.31. The lowest BCUT2D eigenvalue weighted by Gasteiger charge is -2.30. The molecule has 5 nitrogen and oxygen atoms in total. The maximum absolute atomic E-state index is 12.6. The Morgan fingerprint density at radius 3 is 2.30 bits per heavy atom. The molecule has 2 heterocycles. The Bertz CT molecular complexity index is 854. The second-order valence-electron chi connectivity index (χ2n) is 7.70. The van der Waals surface area contributed by atoms with Crippen molar-refractivity contribution in [2.45, 2.75) is 48.8 Å². The number of pyridine rings is 1. The third kappa shape index (κ3) is 3.73. The number of nitrogens with one attached hydrogen (secondary N) is 1. The zero-order chi connectivity index (χ0) is 18.7. The molecule has 0 amide bonds. The van der Waals surface area contributed by atoms with Crippen LogP contribution in [0, 0.1) is 0 Å². The molecule has 27 heavy (non-hydrogen) atoms. The molecular formula is C21H27N3O2S. The second-order valence-corrected chi connectivity index (χ2v) is 9.64. The highest BCUT2D eigenvalue weighted by Crippen LogP contribution is 2.41. The first-order valence-corrected chi connectivity index (χ1v) is 11.3. The summed E-state index contributed by atoms with van der Waals surface area (Å²) >= 11 is 0. The Balaban J connectivity index is 1.47. The number of sulfonamides is 1. The molecule has 1 aliphatic carbocycles. The molecule has 4 rings (SSSR count). The standard InChI is InChI=1S/C21H27N3O2S/c25-27(26,24-14-6-7-15-24)19-10-11-20(22-16-19)23-17-21(12-4-5-13-21)18-8-2-1-3-9-18/h1-3,8-11,16H,4-7,12-15,17H2,(H,22,23). The van der Waals surface area contributed by atoms with Crippen LogP contribution in [0.5, 0.6) is 0 Å². The molecule has 0 unspecified atom stereocenters. The highest BCUT2D eigenvalue weighted by molar-refractivity contribution is 7.89. The van der Waals surface area contributed by atoms with Crippen molar-refractivity contribution in [2.75, 3.05) is 25.0 Å². The quantitative estimate of drug-likeness (QED) is 0.822. The highest BCUT2D eigenvalue weighted by Gasteiger charge is 2.35. The van der Waals surface area contributed by atoms with E-state index in [4.69, 9.17) is 0 Å². The Morgan fingerprint density at radius 2 is 1.67 bits per heavy atom. The van der Waals surface area contributed by atoms with Crippen LogP contribution in [-0.4, -0.2) is 37.3 Å². The number of rotatable bonds is 6. The van der Waals surface area contributed by atoms with Crippen LogP contribution in [0.25, 0.3) is 0 Å². The summed E-state index contributed by atoms with van der Waals surface area (Å²) in [6.45, 7) is 2.05. The van der Waals surface area contributed by atoms with Gasteiger partial charge in [-0.25, -0.2) is 13.4 Å². The predicted molar refractivity (Wildman–Crippen MR) is 107 cm³/mol. The van der Waals surface area contributed by atoms with E-state index in [1.54, 1.807) is 16.4 Å². The molecule has 0 spiro atoms. The van der Waals surface area contributed by atoms with Crippen LogP contribution < -0.4 is 5.32 Å². The summed E-state index contributed by atoms with van der Waals surface area (Å²) in [7, 11) is -3.40. The van der Waals surface area contributed by atoms with Crippen molar-refractivity contribution in [3.05, 3.63) is 54.2 Å². The van der Waals surface area contributed by atoms with Gasteiger partial charge in [0.25, 0.3) is 0 Å². The van der Waals surface area contributed by atoms with E-state index >= 15 is 0 Å². The van der Waals surface area contributed by atoms with E-state index < -0.39 is 10.0 Å². The van der Waals surface area contributed by atoms with Gasteiger partial charge in [0.05, 0.1) is 0 Å². The summed E-state index contributed by atoms with van der Waals surface area (Å²) in [5.41, 5.74) is 1.52. The van der Waals surface area contributed by atoms with Gasteiger partial charge in [-0.05, 0) is 43.4 Å². The first-order valence-electron chi connectivity index (χ1n) is 9.86. The van der Waals surface area contributed by atoms with Gasteiger partial charge in [0.2, 0.25) is 10.0 Å². The lowest BCUT2D eigenvalue weighted by molar-refractivity contribution is 0.466. The molecule has 2 fully saturated rings. The van der Waals surface area contributed by atoms with Gasteiger partial charge in [0.15, 0.2) is 0 Å². The van der Waals surface area contributed by atoms with E-state index in [9.17, 15) is 8.42 Å². The number of hydrogen-bond acceptors (Lipinski definition) is 4. The number of anilines is 1. The zero-order valence-electron chi connectivity index (χ0n) is 15.6. The molecule has 0 atom stereocenters. The molecule has 1 aromatic heterocycles. The second kappa shape index (κ2) is 7.60. The molecule has 1 aliphatic heterocycles. The molecule has 1 aromatic carbocycles. The minimum Gasteiger partial charge on any atom is -0.369 e. The first kappa shape index (κ1) is 18.4. The summed E-state index contributed by atoms with van der Waals surface area (Å²) in [5.74, 6) is 0.734. The van der Waals surface area contributed by atoms with E-state index in [0.717, 1.165) is 25.2 Å². The summed E-state index contributed by atoms with van der Waals surface area (Å²) in [6, 6.07) is 14.2. The molecule has 144 valence electrons. The molecule has 2 aromatic rings. The minimum absolute atomic E-state index is 0.142. The van der Waals surface area contributed by atoms with Gasteiger partial charge in [-0.3, -0.25) is 0 Å². The Morgan fingerprint density at radius 1 is 0.963 bits per heavy atom. The van der Waals surface area contributed by atoms with E-state index in [1.165, 1.54) is 37.4 Å². The van der Waals surface area contributed by atoms with Crippen molar-refractivity contribution >= 4 is 15.8 Å². The largest absolute Gasteiger partial charge is 0.369 e. The molecule has 1 saturated heterocycles. The Hall–Kier alpha value is -1.92. The Labute approximate surface area is 161 Å². The minimum atomic E-state index is -3.40. The fourth-order valence-corrected chi connectivity index (χ4v) is 5.85. The van der Waals surface area contributed by atoms with Crippen molar-refractivity contribution in [1.82, 2.24) is 9.29 Å². The van der Waals surface area contributed by atoms with Gasteiger partial charge < -0.3 is 5.32 Å². The highest BCUT2D eigenvalue weighted by atomic mass is 32.2. The summed E-state index contributed by atoms with van der Waals surface area (Å²) in [6.07, 6.45) is 8.20. The lowest BCUT2D eigenvalue weighted by atomic mass is 9.79. The van der Waals surface area contributed by atoms with Gasteiger partial charge in [0, 0.05) is 31.2 Å². The normalized spacial score (nSPS) is 20.0. The molecule has 1 N–H and O–H groups in total. The number of nitrogens with zero attached hydrogens (tertiary/aromatic N) is 2. The van der Waals surface area contributed by atoms with Crippen molar-refractivity contribution in [2.24, 2.45) is 0 Å². The van der Waals surface area contributed by atoms with E-state index in [2.05, 4.69) is 40.6 Å². The zero-order valence-corrected chi connectivity index (χ0v) is 16.4. The van der Waals surface area contributed by atoms with Crippen molar-refractivity contribution in [3.63, 3.8) is 0 Å². The predicted octanol–water partition coefficient (Wildman–Crippen LogP) is 3.79. The summed E-state index contributed by atoms with van der Waals surface area (Å²) in [4.78, 5) is 4.67. The fourth-order valence-electron chi connectivity index (χ4n) is 4.39. The van der Waals surface area contributed by atoms with Crippen LogP contribution in [0.2, 0.25) is 0 Å². The summed E-state index contributed by atoms with van der Waals surface area (Å²) < 4.78 is 26.8. The van der Waals surface area contributed by atoms with E-state index in [1.807, 2.05) is 0 Å².